The fraction of sp³-hybridized carbons (Fsp3) is 0.235. The molecule has 3 amide bonds. The van der Waals surface area contributed by atoms with E-state index in [0.29, 0.717) is 22.8 Å². The van der Waals surface area contributed by atoms with Gasteiger partial charge in [-0.05, 0) is 37.3 Å². The zero-order chi connectivity index (χ0) is 17.6. The monoisotopic (exact) mass is 342 g/mol. The van der Waals surface area contributed by atoms with E-state index < -0.39 is 17.5 Å². The highest BCUT2D eigenvalue weighted by Crippen LogP contribution is 2.33. The van der Waals surface area contributed by atoms with Gasteiger partial charge in [0.05, 0.1) is 12.8 Å². The number of ketones is 1. The molecule has 0 spiro atoms. The summed E-state index contributed by atoms with van der Waals surface area (Å²) < 4.78 is 15.7. The summed E-state index contributed by atoms with van der Waals surface area (Å²) in [5, 5.41) is 2.58. The molecule has 25 heavy (non-hydrogen) atoms. The largest absolute Gasteiger partial charge is 0.466 e. The van der Waals surface area contributed by atoms with Crippen molar-refractivity contribution >= 4 is 17.7 Å². The molecule has 8 nitrogen and oxygen atoms in total. The van der Waals surface area contributed by atoms with Crippen LogP contribution >= 0.6 is 0 Å². The van der Waals surface area contributed by atoms with E-state index in [0.717, 1.165) is 4.90 Å². The first-order chi connectivity index (χ1) is 12.0. The minimum Gasteiger partial charge on any atom is -0.466 e. The first-order valence-electron chi connectivity index (χ1n) is 7.60. The highest BCUT2D eigenvalue weighted by molar-refractivity contribution is 6.11. The van der Waals surface area contributed by atoms with Crippen molar-refractivity contribution in [3.05, 3.63) is 47.9 Å². The molecule has 1 fully saturated rings. The van der Waals surface area contributed by atoms with Gasteiger partial charge in [-0.2, -0.15) is 0 Å². The maximum absolute atomic E-state index is 12.7. The van der Waals surface area contributed by atoms with Crippen LogP contribution in [0.5, 0.6) is 11.5 Å². The molecule has 0 aliphatic carbocycles. The Bertz CT molecular complexity index is 875. The highest BCUT2D eigenvalue weighted by Gasteiger charge is 2.51. The van der Waals surface area contributed by atoms with Gasteiger partial charge in [-0.15, -0.1) is 0 Å². The van der Waals surface area contributed by atoms with E-state index in [-0.39, 0.29) is 19.1 Å². The Balaban J connectivity index is 1.55. The van der Waals surface area contributed by atoms with Crippen molar-refractivity contribution in [3.63, 3.8) is 0 Å². The van der Waals surface area contributed by atoms with Crippen LogP contribution in [0.15, 0.2) is 41.0 Å². The van der Waals surface area contributed by atoms with Gasteiger partial charge in [0, 0.05) is 5.56 Å². The lowest BCUT2D eigenvalue weighted by atomic mass is 9.99. The second kappa shape index (κ2) is 5.37. The van der Waals surface area contributed by atoms with Crippen LogP contribution in [0.25, 0.3) is 0 Å². The number of carbonyl (C=O) groups is 3. The van der Waals surface area contributed by atoms with Crippen molar-refractivity contribution in [1.82, 2.24) is 10.2 Å². The van der Waals surface area contributed by atoms with Crippen LogP contribution in [-0.4, -0.2) is 36.0 Å². The average Bonchev–Trinajstić information content (AvgIpc) is 3.31. The number of fused-ring (bicyclic) bond motifs is 1. The zero-order valence-electron chi connectivity index (χ0n) is 13.3. The standard InChI is InChI=1S/C17H14N2O6/c1-17(14-3-2-6-23-14)15(21)19(16(22)18-17)8-11(20)10-4-5-12-13(7-10)25-9-24-12/h2-7H,8-9H2,1H3,(H,18,22)/t17-/m1/s1. The Morgan fingerprint density at radius 2 is 2.04 bits per heavy atom. The lowest BCUT2D eigenvalue weighted by Gasteiger charge is -2.18. The Morgan fingerprint density at radius 3 is 2.80 bits per heavy atom. The smallest absolute Gasteiger partial charge is 0.325 e. The number of urea groups is 1. The number of furan rings is 1. The van der Waals surface area contributed by atoms with Crippen LogP contribution < -0.4 is 14.8 Å². The van der Waals surface area contributed by atoms with E-state index in [4.69, 9.17) is 13.9 Å². The number of nitrogens with zero attached hydrogens (tertiary/aromatic N) is 1. The van der Waals surface area contributed by atoms with Gasteiger partial charge in [-0.1, -0.05) is 0 Å². The van der Waals surface area contributed by atoms with Gasteiger partial charge in [-0.3, -0.25) is 14.5 Å². The Kier molecular flexibility index (Phi) is 3.28. The van der Waals surface area contributed by atoms with Crippen LogP contribution in [0.3, 0.4) is 0 Å². The normalized spacial score (nSPS) is 21.6. The van der Waals surface area contributed by atoms with Crippen molar-refractivity contribution in [1.29, 1.82) is 0 Å². The molecule has 3 heterocycles. The van der Waals surface area contributed by atoms with Gasteiger partial charge in [0.2, 0.25) is 6.79 Å². The third kappa shape index (κ3) is 2.34. The molecule has 1 N–H and O–H groups in total. The molecule has 2 aliphatic rings. The number of nitrogens with one attached hydrogen (secondary N) is 1. The van der Waals surface area contributed by atoms with Crippen molar-refractivity contribution in [2.75, 3.05) is 13.3 Å². The summed E-state index contributed by atoms with van der Waals surface area (Å²) in [4.78, 5) is 38.3. The number of Topliss-reactive ketones (excluding diaryl/α,β-unsaturated/α-hetero) is 1. The topological polar surface area (TPSA) is 98.1 Å². The van der Waals surface area contributed by atoms with Gasteiger partial charge in [0.1, 0.15) is 5.76 Å². The van der Waals surface area contributed by atoms with E-state index in [9.17, 15) is 14.4 Å². The highest BCUT2D eigenvalue weighted by atomic mass is 16.7. The molecule has 4 rings (SSSR count). The Hall–Kier alpha value is -3.29. The maximum atomic E-state index is 12.7. The molecule has 0 radical (unpaired) electrons. The molecule has 1 aromatic carbocycles. The summed E-state index contributed by atoms with van der Waals surface area (Å²) >= 11 is 0. The molecular formula is C17H14N2O6. The second-order valence-corrected chi connectivity index (χ2v) is 5.91. The number of hydrogen-bond donors (Lipinski definition) is 1. The van der Waals surface area contributed by atoms with Crippen LogP contribution in [-0.2, 0) is 10.3 Å². The number of imide groups is 1. The quantitative estimate of drug-likeness (QED) is 0.670. The third-order valence-corrected chi connectivity index (χ3v) is 4.29. The number of amides is 3. The van der Waals surface area contributed by atoms with E-state index >= 15 is 0 Å². The van der Waals surface area contributed by atoms with Crippen LogP contribution in [0.4, 0.5) is 4.79 Å². The van der Waals surface area contributed by atoms with Gasteiger partial charge in [0.25, 0.3) is 5.91 Å². The molecular weight excluding hydrogens is 328 g/mol. The zero-order valence-corrected chi connectivity index (χ0v) is 13.3. The van der Waals surface area contributed by atoms with Gasteiger partial charge >= 0.3 is 6.03 Å². The van der Waals surface area contributed by atoms with E-state index in [1.165, 1.54) is 19.3 Å². The lowest BCUT2D eigenvalue weighted by molar-refractivity contribution is -0.131. The molecule has 128 valence electrons. The number of rotatable bonds is 4. The number of benzene rings is 1. The van der Waals surface area contributed by atoms with Gasteiger partial charge in [-0.25, -0.2) is 4.79 Å². The molecule has 2 aromatic rings. The fourth-order valence-electron chi connectivity index (χ4n) is 2.88. The van der Waals surface area contributed by atoms with Crippen molar-refractivity contribution < 1.29 is 28.3 Å². The number of carbonyl (C=O) groups excluding carboxylic acids is 3. The second-order valence-electron chi connectivity index (χ2n) is 5.91. The van der Waals surface area contributed by atoms with Crippen LogP contribution in [0.2, 0.25) is 0 Å². The van der Waals surface area contributed by atoms with E-state index in [2.05, 4.69) is 5.32 Å². The van der Waals surface area contributed by atoms with E-state index in [1.807, 2.05) is 0 Å². The number of hydrogen-bond acceptors (Lipinski definition) is 6. The number of ether oxygens (including phenoxy) is 2. The molecule has 0 bridgehead atoms. The lowest BCUT2D eigenvalue weighted by Crippen LogP contribution is -2.41. The Labute approximate surface area is 142 Å². The van der Waals surface area contributed by atoms with Crippen molar-refractivity contribution in [3.8, 4) is 11.5 Å². The average molecular weight is 342 g/mol. The molecule has 8 heteroatoms. The fourth-order valence-corrected chi connectivity index (χ4v) is 2.88. The SMILES string of the molecule is C[C@]1(c2ccco2)NC(=O)N(CC(=O)c2ccc3c(c2)OCO3)C1=O. The predicted octanol–water partition coefficient (Wildman–Crippen LogP) is 1.66. The van der Waals surface area contributed by atoms with E-state index in [1.54, 1.807) is 24.3 Å². The first-order valence-corrected chi connectivity index (χ1v) is 7.60. The van der Waals surface area contributed by atoms with Crippen molar-refractivity contribution in [2.45, 2.75) is 12.5 Å². The molecule has 1 aromatic heterocycles. The van der Waals surface area contributed by atoms with Crippen LogP contribution in [0, 0.1) is 0 Å². The van der Waals surface area contributed by atoms with Crippen LogP contribution in [0.1, 0.15) is 23.0 Å². The Morgan fingerprint density at radius 1 is 1.24 bits per heavy atom. The molecule has 0 saturated carbocycles. The van der Waals surface area contributed by atoms with Gasteiger partial charge in [0.15, 0.2) is 22.8 Å². The molecule has 2 aliphatic heterocycles. The minimum atomic E-state index is -1.32. The third-order valence-electron chi connectivity index (χ3n) is 4.29. The van der Waals surface area contributed by atoms with Gasteiger partial charge < -0.3 is 19.2 Å². The summed E-state index contributed by atoms with van der Waals surface area (Å²) in [5.41, 5.74) is -0.994. The summed E-state index contributed by atoms with van der Waals surface area (Å²) in [7, 11) is 0. The summed E-state index contributed by atoms with van der Waals surface area (Å²) in [5.74, 6) is 0.399. The summed E-state index contributed by atoms with van der Waals surface area (Å²) in [6.07, 6.45) is 1.42. The molecule has 0 unspecified atom stereocenters. The molecule has 1 saturated heterocycles. The molecule has 1 atom stereocenters. The summed E-state index contributed by atoms with van der Waals surface area (Å²) in [6.45, 7) is 1.26. The first kappa shape index (κ1) is 15.3. The summed E-state index contributed by atoms with van der Waals surface area (Å²) in [6, 6.07) is 7.31. The predicted molar refractivity (Wildman–Crippen MR) is 83.2 cm³/mol. The minimum absolute atomic E-state index is 0.0987. The maximum Gasteiger partial charge on any atom is 0.325 e. The van der Waals surface area contributed by atoms with Crippen molar-refractivity contribution in [2.24, 2.45) is 0 Å².